The number of amides is 1. The number of hydrogen-bond acceptors (Lipinski definition) is 7. The highest BCUT2D eigenvalue weighted by atomic mass is 16.5. The first-order valence-electron chi connectivity index (χ1n) is 11.0. The highest BCUT2D eigenvalue weighted by molar-refractivity contribution is 5.78. The minimum Gasteiger partial charge on any atom is -0.497 e. The first kappa shape index (κ1) is 22.4. The summed E-state index contributed by atoms with van der Waals surface area (Å²) in [6.07, 6.45) is 1.58. The zero-order chi connectivity index (χ0) is 23.0. The zero-order valence-corrected chi connectivity index (χ0v) is 18.9. The monoisotopic (exact) mass is 448 g/mol. The van der Waals surface area contributed by atoms with Crippen molar-refractivity contribution in [1.29, 1.82) is 0 Å². The minimum atomic E-state index is -0.0230. The van der Waals surface area contributed by atoms with Crippen molar-refractivity contribution in [3.63, 3.8) is 0 Å². The molecule has 1 aromatic heterocycles. The summed E-state index contributed by atoms with van der Waals surface area (Å²) in [5.41, 5.74) is 1.85. The number of aromatic nitrogens is 2. The van der Waals surface area contributed by atoms with Gasteiger partial charge in [-0.3, -0.25) is 4.79 Å². The summed E-state index contributed by atoms with van der Waals surface area (Å²) < 4.78 is 16.3. The summed E-state index contributed by atoms with van der Waals surface area (Å²) in [6, 6.07) is 17.1. The predicted molar refractivity (Wildman–Crippen MR) is 126 cm³/mol. The van der Waals surface area contributed by atoms with Gasteiger partial charge in [-0.2, -0.15) is 0 Å². The Morgan fingerprint density at radius 1 is 0.879 bits per heavy atom. The number of hydrogen-bond donors (Lipinski definition) is 0. The van der Waals surface area contributed by atoms with Gasteiger partial charge < -0.3 is 24.0 Å². The van der Waals surface area contributed by atoms with Gasteiger partial charge in [0.15, 0.2) is 6.61 Å². The van der Waals surface area contributed by atoms with Crippen LogP contribution >= 0.6 is 0 Å². The van der Waals surface area contributed by atoms with Gasteiger partial charge in [0, 0.05) is 37.8 Å². The van der Waals surface area contributed by atoms with Crippen molar-refractivity contribution in [3.8, 4) is 28.5 Å². The summed E-state index contributed by atoms with van der Waals surface area (Å²) in [7, 11) is 1.65. The third kappa shape index (κ3) is 5.71. The van der Waals surface area contributed by atoms with Gasteiger partial charge in [0.05, 0.1) is 19.4 Å². The lowest BCUT2D eigenvalue weighted by Gasteiger charge is -2.35. The molecular formula is C25H28N4O4. The van der Waals surface area contributed by atoms with Crippen LogP contribution < -0.4 is 19.1 Å². The largest absolute Gasteiger partial charge is 0.497 e. The molecule has 2 aromatic carbocycles. The summed E-state index contributed by atoms with van der Waals surface area (Å²) in [6.45, 7) is 5.21. The molecule has 0 bridgehead atoms. The maximum absolute atomic E-state index is 12.6. The van der Waals surface area contributed by atoms with E-state index in [1.54, 1.807) is 13.4 Å². The number of carbonyl (C=O) groups excluding carboxylic acids is 1. The predicted octanol–water partition coefficient (Wildman–Crippen LogP) is 3.28. The summed E-state index contributed by atoms with van der Waals surface area (Å²) in [5, 5.41) is 0. The van der Waals surface area contributed by atoms with Crippen LogP contribution in [0, 0.1) is 0 Å². The zero-order valence-electron chi connectivity index (χ0n) is 18.9. The Morgan fingerprint density at radius 2 is 1.52 bits per heavy atom. The van der Waals surface area contributed by atoms with Crippen molar-refractivity contribution in [3.05, 3.63) is 60.9 Å². The molecule has 8 nitrogen and oxygen atoms in total. The van der Waals surface area contributed by atoms with Gasteiger partial charge in [0.1, 0.15) is 29.4 Å². The molecule has 8 heteroatoms. The lowest BCUT2D eigenvalue weighted by molar-refractivity contribution is -0.133. The molecule has 0 aliphatic carbocycles. The maximum atomic E-state index is 12.6. The van der Waals surface area contributed by atoms with E-state index in [-0.39, 0.29) is 12.5 Å². The van der Waals surface area contributed by atoms with Crippen LogP contribution in [-0.4, -0.2) is 67.3 Å². The van der Waals surface area contributed by atoms with E-state index in [0.29, 0.717) is 38.5 Å². The van der Waals surface area contributed by atoms with Crippen LogP contribution in [0.4, 0.5) is 5.82 Å². The molecule has 0 unspecified atom stereocenters. The fourth-order valence-electron chi connectivity index (χ4n) is 3.66. The molecule has 4 rings (SSSR count). The van der Waals surface area contributed by atoms with Crippen molar-refractivity contribution in [2.45, 2.75) is 6.92 Å². The fraction of sp³-hybridized carbons (Fsp3) is 0.320. The van der Waals surface area contributed by atoms with Crippen LogP contribution in [0.1, 0.15) is 6.92 Å². The molecule has 0 atom stereocenters. The molecule has 1 aliphatic heterocycles. The van der Waals surface area contributed by atoms with Crippen LogP contribution in [0.5, 0.6) is 17.2 Å². The molecule has 0 spiro atoms. The van der Waals surface area contributed by atoms with E-state index in [1.165, 1.54) is 0 Å². The number of nitrogens with zero attached hydrogens (tertiary/aromatic N) is 4. The van der Waals surface area contributed by atoms with Crippen molar-refractivity contribution in [1.82, 2.24) is 14.9 Å². The highest BCUT2D eigenvalue weighted by Gasteiger charge is 2.22. The molecule has 1 amide bonds. The second-order valence-electron chi connectivity index (χ2n) is 7.55. The molecule has 1 saturated heterocycles. The summed E-state index contributed by atoms with van der Waals surface area (Å²) in [5.74, 6) is 3.07. The number of rotatable bonds is 8. The van der Waals surface area contributed by atoms with Gasteiger partial charge in [0.25, 0.3) is 5.91 Å². The molecule has 3 aromatic rings. The number of anilines is 1. The Kier molecular flexibility index (Phi) is 7.24. The Morgan fingerprint density at radius 3 is 2.15 bits per heavy atom. The standard InChI is InChI=1S/C25H28N4O4/c1-3-32-21-8-10-22(11-9-21)33-17-25(30)29-14-12-28(13-15-29)24-16-23(26-18-27-24)19-4-6-20(31-2)7-5-19/h4-11,16,18H,3,12-15,17H2,1-2H3. The van der Waals surface area contributed by atoms with Crippen LogP contribution in [0.25, 0.3) is 11.3 Å². The Hall–Kier alpha value is -3.81. The number of benzene rings is 2. The second-order valence-corrected chi connectivity index (χ2v) is 7.55. The van der Waals surface area contributed by atoms with Gasteiger partial charge in [-0.1, -0.05) is 0 Å². The normalized spacial score (nSPS) is 13.5. The summed E-state index contributed by atoms with van der Waals surface area (Å²) in [4.78, 5) is 25.4. The molecule has 0 N–H and O–H groups in total. The fourth-order valence-corrected chi connectivity index (χ4v) is 3.66. The van der Waals surface area contributed by atoms with Crippen molar-refractivity contribution in [2.24, 2.45) is 0 Å². The minimum absolute atomic E-state index is 0.0170. The molecule has 33 heavy (non-hydrogen) atoms. The second kappa shape index (κ2) is 10.7. The highest BCUT2D eigenvalue weighted by Crippen LogP contribution is 2.24. The number of ether oxygens (including phenoxy) is 3. The molecule has 172 valence electrons. The van der Waals surface area contributed by atoms with Crippen molar-refractivity contribution >= 4 is 11.7 Å². The van der Waals surface area contributed by atoms with E-state index in [1.807, 2.05) is 66.4 Å². The maximum Gasteiger partial charge on any atom is 0.260 e. The van der Waals surface area contributed by atoms with Gasteiger partial charge >= 0.3 is 0 Å². The van der Waals surface area contributed by atoms with Crippen LogP contribution in [0.15, 0.2) is 60.9 Å². The van der Waals surface area contributed by atoms with Crippen LogP contribution in [0.2, 0.25) is 0 Å². The van der Waals surface area contributed by atoms with Gasteiger partial charge in [-0.25, -0.2) is 9.97 Å². The van der Waals surface area contributed by atoms with Crippen molar-refractivity contribution < 1.29 is 19.0 Å². The van der Waals surface area contributed by atoms with Gasteiger partial charge in [-0.15, -0.1) is 0 Å². The molecular weight excluding hydrogens is 420 g/mol. The van der Waals surface area contributed by atoms with E-state index >= 15 is 0 Å². The van der Waals surface area contributed by atoms with Crippen LogP contribution in [-0.2, 0) is 4.79 Å². The van der Waals surface area contributed by atoms with E-state index in [0.717, 1.165) is 28.6 Å². The van der Waals surface area contributed by atoms with Gasteiger partial charge in [0.2, 0.25) is 0 Å². The van der Waals surface area contributed by atoms with Crippen LogP contribution in [0.3, 0.4) is 0 Å². The Labute approximate surface area is 193 Å². The first-order chi connectivity index (χ1) is 16.2. The summed E-state index contributed by atoms with van der Waals surface area (Å²) >= 11 is 0. The van der Waals surface area contributed by atoms with E-state index in [9.17, 15) is 4.79 Å². The molecule has 0 radical (unpaired) electrons. The average Bonchev–Trinajstić information content (AvgIpc) is 2.88. The third-order valence-electron chi connectivity index (χ3n) is 5.49. The van der Waals surface area contributed by atoms with Crippen molar-refractivity contribution in [2.75, 3.05) is 51.4 Å². The molecule has 1 aliphatic rings. The molecule has 0 saturated carbocycles. The SMILES string of the molecule is CCOc1ccc(OCC(=O)N2CCN(c3cc(-c4ccc(OC)cc4)ncn3)CC2)cc1. The Bertz CT molecular complexity index is 1050. The first-order valence-corrected chi connectivity index (χ1v) is 11.0. The number of methoxy groups -OCH3 is 1. The van der Waals surface area contributed by atoms with Gasteiger partial charge in [-0.05, 0) is 55.5 Å². The van der Waals surface area contributed by atoms with E-state index < -0.39 is 0 Å². The molecule has 1 fully saturated rings. The smallest absolute Gasteiger partial charge is 0.260 e. The van der Waals surface area contributed by atoms with E-state index in [2.05, 4.69) is 14.9 Å². The lowest BCUT2D eigenvalue weighted by atomic mass is 10.1. The lowest BCUT2D eigenvalue weighted by Crippen LogP contribution is -2.50. The topological polar surface area (TPSA) is 77.0 Å². The average molecular weight is 449 g/mol. The third-order valence-corrected chi connectivity index (χ3v) is 5.49. The molecule has 2 heterocycles. The number of carbonyl (C=O) groups is 1. The quantitative estimate of drug-likeness (QED) is 0.523. The Balaban J connectivity index is 1.29. The van der Waals surface area contributed by atoms with E-state index in [4.69, 9.17) is 14.2 Å². The number of piperazine rings is 1.